The minimum atomic E-state index is -4.69. The summed E-state index contributed by atoms with van der Waals surface area (Å²) in [6.07, 6.45) is -3.04. The van der Waals surface area contributed by atoms with E-state index in [9.17, 15) is 22.8 Å². The van der Waals surface area contributed by atoms with Gasteiger partial charge in [0.1, 0.15) is 22.4 Å². The molecule has 0 bridgehead atoms. The van der Waals surface area contributed by atoms with Gasteiger partial charge in [0.25, 0.3) is 5.91 Å². The molecule has 31 heavy (non-hydrogen) atoms. The van der Waals surface area contributed by atoms with Crippen molar-refractivity contribution in [3.05, 3.63) is 52.6 Å². The molecule has 3 heterocycles. The predicted octanol–water partition coefficient (Wildman–Crippen LogP) is 1.90. The predicted molar refractivity (Wildman–Crippen MR) is 106 cm³/mol. The van der Waals surface area contributed by atoms with Gasteiger partial charge in [0.15, 0.2) is 0 Å². The van der Waals surface area contributed by atoms with Gasteiger partial charge in [-0.15, -0.1) is 11.3 Å². The maximum absolute atomic E-state index is 13.0. The number of halogens is 3. The molecule has 1 aromatic carbocycles. The molecule has 1 aliphatic rings. The summed E-state index contributed by atoms with van der Waals surface area (Å²) in [4.78, 5) is 38.0. The van der Waals surface area contributed by atoms with E-state index in [1.807, 2.05) is 0 Å². The molecule has 162 valence electrons. The van der Waals surface area contributed by atoms with Gasteiger partial charge in [0.2, 0.25) is 5.91 Å². The van der Waals surface area contributed by atoms with E-state index >= 15 is 0 Å². The van der Waals surface area contributed by atoms with E-state index in [1.165, 1.54) is 0 Å². The van der Waals surface area contributed by atoms with E-state index in [1.54, 1.807) is 23.1 Å². The maximum Gasteiger partial charge on any atom is 0.433 e. The van der Waals surface area contributed by atoms with Crippen molar-refractivity contribution < 1.29 is 22.8 Å². The van der Waals surface area contributed by atoms with Crippen LogP contribution in [0.2, 0.25) is 0 Å². The van der Waals surface area contributed by atoms with Crippen LogP contribution in [-0.2, 0) is 11.0 Å². The Morgan fingerprint density at radius 3 is 2.65 bits per heavy atom. The fourth-order valence-electron chi connectivity index (χ4n) is 3.38. The molecule has 1 saturated heterocycles. The van der Waals surface area contributed by atoms with Crippen molar-refractivity contribution in [1.82, 2.24) is 19.9 Å². The highest BCUT2D eigenvalue weighted by Gasteiger charge is 2.35. The molecule has 0 aliphatic carbocycles. The monoisotopic (exact) mass is 450 g/mol. The van der Waals surface area contributed by atoms with Gasteiger partial charge < -0.3 is 16.4 Å². The van der Waals surface area contributed by atoms with Crippen LogP contribution in [0.15, 0.2) is 30.5 Å². The Kier molecular flexibility index (Phi) is 5.35. The second kappa shape index (κ2) is 7.85. The fraction of sp³-hybridized carbons (Fsp3) is 0.316. The molecule has 12 heteroatoms. The molecule has 8 nitrogen and oxygen atoms in total. The average Bonchev–Trinajstić information content (AvgIpc) is 3.32. The number of fused-ring (bicyclic) bond motifs is 1. The zero-order valence-electron chi connectivity index (χ0n) is 16.0. The topological polar surface area (TPSA) is 128 Å². The fourth-order valence-corrected chi connectivity index (χ4v) is 4.50. The van der Waals surface area contributed by atoms with E-state index in [0.717, 1.165) is 24.0 Å². The molecule has 0 spiro atoms. The summed E-state index contributed by atoms with van der Waals surface area (Å²) in [6, 6.07) is 5.52. The Labute approximate surface area is 178 Å². The Morgan fingerprint density at radius 2 is 2.00 bits per heavy atom. The number of hydrogen-bond acceptors (Lipinski definition) is 7. The van der Waals surface area contributed by atoms with Crippen molar-refractivity contribution in [2.45, 2.75) is 24.6 Å². The summed E-state index contributed by atoms with van der Waals surface area (Å²) >= 11 is 1.05. The number of carbonyl (C=O) groups excluding carboxylic acids is 2. The number of nitrogens with two attached hydrogens (primary N) is 2. The molecule has 0 saturated carbocycles. The average molecular weight is 450 g/mol. The van der Waals surface area contributed by atoms with E-state index in [2.05, 4.69) is 15.0 Å². The Balaban J connectivity index is 1.69. The van der Waals surface area contributed by atoms with Crippen LogP contribution in [0.5, 0.6) is 0 Å². The number of primary amides is 1. The Hall–Kier alpha value is -3.12. The van der Waals surface area contributed by atoms with E-state index in [4.69, 9.17) is 11.5 Å². The van der Waals surface area contributed by atoms with Crippen LogP contribution < -0.4 is 11.5 Å². The number of aromatic nitrogens is 3. The molecule has 0 radical (unpaired) electrons. The summed E-state index contributed by atoms with van der Waals surface area (Å²) in [5.41, 5.74) is 11.0. The summed E-state index contributed by atoms with van der Waals surface area (Å²) < 4.78 is 39.6. The largest absolute Gasteiger partial charge is 0.433 e. The first-order chi connectivity index (χ1) is 14.6. The van der Waals surface area contributed by atoms with Crippen molar-refractivity contribution in [2.75, 3.05) is 13.1 Å². The number of benzene rings is 1. The summed E-state index contributed by atoms with van der Waals surface area (Å²) in [5, 5.41) is 0.148. The van der Waals surface area contributed by atoms with Crippen LogP contribution in [0.1, 0.15) is 39.2 Å². The normalized spacial score (nSPS) is 17.8. The summed E-state index contributed by atoms with van der Waals surface area (Å²) in [5.74, 6) is -2.84. The third-order valence-electron chi connectivity index (χ3n) is 4.92. The van der Waals surface area contributed by atoms with Crippen LogP contribution in [0.25, 0.3) is 10.2 Å². The van der Waals surface area contributed by atoms with Gasteiger partial charge in [-0.05, 0) is 30.7 Å². The molecule has 2 aromatic heterocycles. The van der Waals surface area contributed by atoms with Crippen LogP contribution >= 0.6 is 11.3 Å². The van der Waals surface area contributed by atoms with Gasteiger partial charge in [-0.1, -0.05) is 0 Å². The third kappa shape index (κ3) is 4.21. The Morgan fingerprint density at radius 1 is 1.23 bits per heavy atom. The molecule has 3 aromatic rings. The van der Waals surface area contributed by atoms with E-state index in [0.29, 0.717) is 34.9 Å². The van der Waals surface area contributed by atoms with Crippen LogP contribution in [0.4, 0.5) is 13.2 Å². The second-order valence-electron chi connectivity index (χ2n) is 7.17. The highest BCUT2D eigenvalue weighted by atomic mass is 32.1. The highest BCUT2D eigenvalue weighted by molar-refractivity contribution is 7.18. The first-order valence-electron chi connectivity index (χ1n) is 9.28. The maximum atomic E-state index is 13.0. The van der Waals surface area contributed by atoms with Crippen LogP contribution in [0.3, 0.4) is 0 Å². The van der Waals surface area contributed by atoms with Gasteiger partial charge in [0, 0.05) is 30.9 Å². The molecule has 1 unspecified atom stereocenters. The molecular formula is C19H17F3N6O2S. The standard InChI is InChI=1S/C19H17F3N6O2S/c20-19(21,22)13-3-5-25-16(27-13)14(15(24)29)17-26-11-2-1-9(7-12(11)31-17)18(30)28-6-4-10(23)8-28/h1-3,5,7,10,14H,4,6,8,23H2,(H2,24,29)/t10-,14?/m1/s1. The minimum absolute atomic E-state index is 0.0496. The molecule has 2 amide bonds. The van der Waals surface area contributed by atoms with Crippen molar-refractivity contribution in [3.8, 4) is 0 Å². The summed E-state index contributed by atoms with van der Waals surface area (Å²) in [6.45, 7) is 1.05. The van der Waals surface area contributed by atoms with Gasteiger partial charge in [0.05, 0.1) is 10.2 Å². The zero-order chi connectivity index (χ0) is 22.3. The van der Waals surface area contributed by atoms with Crippen molar-refractivity contribution in [3.63, 3.8) is 0 Å². The van der Waals surface area contributed by atoms with E-state index < -0.39 is 23.7 Å². The lowest BCUT2D eigenvalue weighted by atomic mass is 10.1. The molecule has 2 atom stereocenters. The smallest absolute Gasteiger partial charge is 0.369 e. The number of rotatable bonds is 4. The lowest BCUT2D eigenvalue weighted by Crippen LogP contribution is -2.31. The first-order valence-corrected chi connectivity index (χ1v) is 10.1. The molecule has 4 rings (SSSR count). The third-order valence-corrected chi connectivity index (χ3v) is 6.00. The number of amides is 2. The van der Waals surface area contributed by atoms with Crippen molar-refractivity contribution in [1.29, 1.82) is 0 Å². The number of carbonyl (C=O) groups is 2. The lowest BCUT2D eigenvalue weighted by molar-refractivity contribution is -0.141. The molecular weight excluding hydrogens is 433 g/mol. The second-order valence-corrected chi connectivity index (χ2v) is 8.23. The van der Waals surface area contributed by atoms with Gasteiger partial charge in [-0.3, -0.25) is 9.59 Å². The Bertz CT molecular complexity index is 1160. The van der Waals surface area contributed by atoms with Gasteiger partial charge in [-0.2, -0.15) is 13.2 Å². The minimum Gasteiger partial charge on any atom is -0.369 e. The number of likely N-dealkylation sites (tertiary alicyclic amines) is 1. The van der Waals surface area contributed by atoms with Crippen molar-refractivity contribution in [2.24, 2.45) is 11.5 Å². The van der Waals surface area contributed by atoms with Gasteiger partial charge in [-0.25, -0.2) is 15.0 Å². The molecule has 1 fully saturated rings. The lowest BCUT2D eigenvalue weighted by Gasteiger charge is -2.15. The van der Waals surface area contributed by atoms with Crippen LogP contribution in [0, 0.1) is 0 Å². The first kappa shape index (κ1) is 21.1. The van der Waals surface area contributed by atoms with Crippen molar-refractivity contribution >= 4 is 33.4 Å². The number of alkyl halides is 3. The molecule has 4 N–H and O–H groups in total. The zero-order valence-corrected chi connectivity index (χ0v) is 16.8. The number of hydrogen-bond donors (Lipinski definition) is 2. The van der Waals surface area contributed by atoms with Gasteiger partial charge >= 0.3 is 6.18 Å². The highest BCUT2D eigenvalue weighted by Crippen LogP contribution is 2.33. The number of nitrogens with zero attached hydrogens (tertiary/aromatic N) is 4. The van der Waals surface area contributed by atoms with Crippen LogP contribution in [-0.4, -0.2) is 50.8 Å². The summed E-state index contributed by atoms with van der Waals surface area (Å²) in [7, 11) is 0. The quantitative estimate of drug-likeness (QED) is 0.625. The van der Waals surface area contributed by atoms with E-state index in [-0.39, 0.29) is 22.8 Å². The SMILES string of the molecule is NC(=O)C(c1nccc(C(F)(F)F)n1)c1nc2ccc(C(=O)N3CC[C@@H](N)C3)cc2s1. The molecule has 1 aliphatic heterocycles. The number of thiazole rings is 1.